The normalized spacial score (nSPS) is 16.0. The van der Waals surface area contributed by atoms with E-state index in [1.54, 1.807) is 12.1 Å². The van der Waals surface area contributed by atoms with Crippen molar-refractivity contribution < 1.29 is 29.6 Å². The Morgan fingerprint density at radius 3 is 2.93 bits per heavy atom. The lowest BCUT2D eigenvalue weighted by molar-refractivity contribution is -0.115. The molecule has 1 atom stereocenters. The highest BCUT2D eigenvalue weighted by molar-refractivity contribution is 7.14. The molecule has 0 radical (unpaired) electrons. The Morgan fingerprint density at radius 2 is 2.24 bits per heavy atom. The first-order valence-corrected chi connectivity index (χ1v) is 9.45. The Bertz CT molecular complexity index is 952. The van der Waals surface area contributed by atoms with E-state index in [4.69, 9.17) is 10.4 Å². The van der Waals surface area contributed by atoms with Crippen LogP contribution in [0.1, 0.15) is 21.6 Å². The van der Waals surface area contributed by atoms with Gasteiger partial charge in [0.25, 0.3) is 5.91 Å². The monoisotopic (exact) mass is 419 g/mol. The minimum Gasteiger partial charge on any atom is -0.534 e. The standard InChI is InChI=1S/C16H18BN5O6S/c18-4-5-19-16-20-10(7-29-16)12(22-27)14(23)21-11-6-8-2-1-3-9(15(24)25)13(8)28-17(11)26/h1-3,7,11,26-27H,4-6,18H2,(H,19,20)(H,21,23)(H,24,25). The molecule has 13 heteroatoms. The Morgan fingerprint density at radius 1 is 1.45 bits per heavy atom. The maximum Gasteiger partial charge on any atom is 0.547 e. The number of oxime groups is 1. The van der Waals surface area contributed by atoms with E-state index >= 15 is 0 Å². The molecular formula is C16H18BN5O6S. The molecule has 0 bridgehead atoms. The Balaban J connectivity index is 1.73. The smallest absolute Gasteiger partial charge is 0.534 e. The molecule has 1 aliphatic heterocycles. The second kappa shape index (κ2) is 8.90. The van der Waals surface area contributed by atoms with Gasteiger partial charge in [-0.05, 0) is 18.1 Å². The van der Waals surface area contributed by atoms with Crippen LogP contribution in [0.2, 0.25) is 0 Å². The first kappa shape index (κ1) is 20.6. The summed E-state index contributed by atoms with van der Waals surface area (Å²) in [6.07, 6.45) is 0.127. The van der Waals surface area contributed by atoms with Crippen LogP contribution in [-0.4, -0.2) is 64.1 Å². The predicted molar refractivity (Wildman–Crippen MR) is 106 cm³/mol. The predicted octanol–water partition coefficient (Wildman–Crippen LogP) is -0.470. The van der Waals surface area contributed by atoms with Crippen LogP contribution >= 0.6 is 11.3 Å². The van der Waals surface area contributed by atoms with Crippen LogP contribution < -0.4 is 21.0 Å². The third-order valence-electron chi connectivity index (χ3n) is 4.15. The number of para-hydroxylation sites is 1. The van der Waals surface area contributed by atoms with Gasteiger partial charge in [-0.25, -0.2) is 9.78 Å². The molecule has 1 aromatic carbocycles. The van der Waals surface area contributed by atoms with Gasteiger partial charge in [0.2, 0.25) is 0 Å². The summed E-state index contributed by atoms with van der Waals surface area (Å²) in [5.74, 6) is -2.78. The summed E-state index contributed by atoms with van der Waals surface area (Å²) in [5, 5.41) is 39.3. The van der Waals surface area contributed by atoms with Crippen molar-refractivity contribution in [1.82, 2.24) is 10.3 Å². The highest BCUT2D eigenvalue weighted by Gasteiger charge is 2.38. The summed E-state index contributed by atoms with van der Waals surface area (Å²) in [5.41, 5.74) is 5.66. The molecule has 0 saturated heterocycles. The van der Waals surface area contributed by atoms with Crippen LogP contribution in [0.15, 0.2) is 28.7 Å². The zero-order valence-corrected chi connectivity index (χ0v) is 15.8. The lowest BCUT2D eigenvalue weighted by Crippen LogP contribution is -2.54. The summed E-state index contributed by atoms with van der Waals surface area (Å²) in [6.45, 7) is 0.898. The molecule has 152 valence electrons. The van der Waals surface area contributed by atoms with Crippen molar-refractivity contribution in [1.29, 1.82) is 0 Å². The molecule has 0 saturated carbocycles. The molecule has 1 aliphatic rings. The third-order valence-corrected chi connectivity index (χ3v) is 4.95. The third kappa shape index (κ3) is 4.47. The van der Waals surface area contributed by atoms with Gasteiger partial charge in [0.05, 0.1) is 11.5 Å². The number of hydrogen-bond donors (Lipinski definition) is 6. The molecule has 0 fully saturated rings. The maximum atomic E-state index is 12.6. The molecule has 0 spiro atoms. The topological polar surface area (TPSA) is 179 Å². The number of carbonyl (C=O) groups is 2. The first-order chi connectivity index (χ1) is 13.9. The van der Waals surface area contributed by atoms with Gasteiger partial charge in [-0.15, -0.1) is 11.3 Å². The fourth-order valence-corrected chi connectivity index (χ4v) is 3.53. The van der Waals surface area contributed by atoms with Gasteiger partial charge in [-0.1, -0.05) is 17.3 Å². The summed E-state index contributed by atoms with van der Waals surface area (Å²) < 4.78 is 5.33. The summed E-state index contributed by atoms with van der Waals surface area (Å²) in [6, 6.07) is 4.56. The first-order valence-electron chi connectivity index (χ1n) is 8.57. The lowest BCUT2D eigenvalue weighted by Gasteiger charge is -2.28. The van der Waals surface area contributed by atoms with E-state index in [0.717, 1.165) is 0 Å². The number of rotatable bonds is 7. The molecule has 1 amide bonds. The molecule has 2 aromatic rings. The number of nitrogens with one attached hydrogen (secondary N) is 2. The van der Waals surface area contributed by atoms with Crippen molar-refractivity contribution in [2.75, 3.05) is 18.4 Å². The minimum atomic E-state index is -1.48. The molecule has 7 N–H and O–H groups in total. The molecule has 2 heterocycles. The number of nitrogens with zero attached hydrogens (tertiary/aromatic N) is 2. The summed E-state index contributed by atoms with van der Waals surface area (Å²) >= 11 is 1.21. The molecule has 0 aliphatic carbocycles. The Kier molecular flexibility index (Phi) is 6.31. The fraction of sp³-hybridized carbons (Fsp3) is 0.250. The number of benzene rings is 1. The van der Waals surface area contributed by atoms with Crippen LogP contribution in [0.5, 0.6) is 5.75 Å². The molecule has 1 aromatic heterocycles. The van der Waals surface area contributed by atoms with Crippen molar-refractivity contribution in [2.24, 2.45) is 10.9 Å². The summed E-state index contributed by atoms with van der Waals surface area (Å²) in [4.78, 5) is 28.0. The van der Waals surface area contributed by atoms with E-state index < -0.39 is 24.9 Å². The number of carboxylic acids is 1. The average Bonchev–Trinajstić information content (AvgIpc) is 3.15. The van der Waals surface area contributed by atoms with Crippen LogP contribution in [0.25, 0.3) is 0 Å². The maximum absolute atomic E-state index is 12.6. The number of anilines is 1. The average molecular weight is 419 g/mol. The Hall–Kier alpha value is -3.16. The number of hydrogen-bond acceptors (Lipinski definition) is 10. The minimum absolute atomic E-state index is 0.0594. The van der Waals surface area contributed by atoms with Crippen LogP contribution in [0, 0.1) is 0 Å². The van der Waals surface area contributed by atoms with Gasteiger partial charge in [-0.2, -0.15) is 0 Å². The molecule has 3 rings (SSSR count). The highest BCUT2D eigenvalue weighted by atomic mass is 32.1. The molecular weight excluding hydrogens is 401 g/mol. The number of amides is 1. The highest BCUT2D eigenvalue weighted by Crippen LogP contribution is 2.30. The molecule has 29 heavy (non-hydrogen) atoms. The molecule has 1 unspecified atom stereocenters. The van der Waals surface area contributed by atoms with Crippen molar-refractivity contribution in [3.63, 3.8) is 0 Å². The quantitative estimate of drug-likeness (QED) is 0.150. The number of carbonyl (C=O) groups excluding carboxylic acids is 1. The van der Waals surface area contributed by atoms with Gasteiger partial charge in [0.15, 0.2) is 10.8 Å². The van der Waals surface area contributed by atoms with Crippen LogP contribution in [-0.2, 0) is 11.2 Å². The number of fused-ring (bicyclic) bond motifs is 1. The van der Waals surface area contributed by atoms with Gasteiger partial charge in [0, 0.05) is 18.5 Å². The van der Waals surface area contributed by atoms with E-state index in [9.17, 15) is 24.9 Å². The van der Waals surface area contributed by atoms with Crippen LogP contribution in [0.4, 0.5) is 5.13 Å². The summed E-state index contributed by atoms with van der Waals surface area (Å²) in [7, 11) is -1.48. The Labute approximate surface area is 169 Å². The number of aromatic carboxylic acids is 1. The fourth-order valence-electron chi connectivity index (χ4n) is 2.81. The zero-order chi connectivity index (χ0) is 21.0. The van der Waals surface area contributed by atoms with Crippen molar-refractivity contribution >= 4 is 41.2 Å². The zero-order valence-electron chi connectivity index (χ0n) is 15.0. The van der Waals surface area contributed by atoms with Crippen molar-refractivity contribution in [2.45, 2.75) is 12.4 Å². The van der Waals surface area contributed by atoms with E-state index in [1.165, 1.54) is 22.8 Å². The molecule has 11 nitrogen and oxygen atoms in total. The second-order valence-corrected chi connectivity index (χ2v) is 6.95. The largest absolute Gasteiger partial charge is 0.547 e. The van der Waals surface area contributed by atoms with Gasteiger partial charge >= 0.3 is 13.1 Å². The van der Waals surface area contributed by atoms with E-state index in [-0.39, 0.29) is 29.1 Å². The SMILES string of the molecule is NCCNc1nc(C(=NO)C(=O)NC2Cc3cccc(C(=O)O)c3OB2O)cs1. The van der Waals surface area contributed by atoms with E-state index in [0.29, 0.717) is 23.8 Å². The number of nitrogens with two attached hydrogens (primary N) is 1. The lowest BCUT2D eigenvalue weighted by atomic mass is 9.72. The van der Waals surface area contributed by atoms with Crippen molar-refractivity contribution in [3.8, 4) is 5.75 Å². The van der Waals surface area contributed by atoms with Gasteiger partial charge < -0.3 is 36.4 Å². The number of aromatic nitrogens is 1. The second-order valence-electron chi connectivity index (χ2n) is 6.09. The van der Waals surface area contributed by atoms with Crippen LogP contribution in [0.3, 0.4) is 0 Å². The van der Waals surface area contributed by atoms with Gasteiger partial charge in [-0.3, -0.25) is 4.79 Å². The van der Waals surface area contributed by atoms with E-state index in [1.807, 2.05) is 0 Å². The van der Waals surface area contributed by atoms with Crippen molar-refractivity contribution in [3.05, 3.63) is 40.4 Å². The van der Waals surface area contributed by atoms with Gasteiger partial charge in [0.1, 0.15) is 11.4 Å². The number of thiazole rings is 1. The van der Waals surface area contributed by atoms with E-state index in [2.05, 4.69) is 20.8 Å². The number of carboxylic acid groups (broad SMARTS) is 1.